The number of methoxy groups -OCH3 is 1. The summed E-state index contributed by atoms with van der Waals surface area (Å²) in [4.78, 5) is 13.7. The Morgan fingerprint density at radius 3 is 2.43 bits per heavy atom. The molecule has 1 aromatic heterocycles. The first kappa shape index (κ1) is 18.9. The minimum absolute atomic E-state index is 0.263. The molecule has 0 atom stereocenters. The van der Waals surface area contributed by atoms with Crippen LogP contribution in [0.1, 0.15) is 12.8 Å². The second kappa shape index (κ2) is 7.92. The van der Waals surface area contributed by atoms with Crippen LogP contribution >= 0.6 is 0 Å². The molecule has 0 bridgehead atoms. The lowest BCUT2D eigenvalue weighted by atomic mass is 10.3. The molecule has 2 aromatic rings. The van der Waals surface area contributed by atoms with E-state index in [0.29, 0.717) is 31.9 Å². The standard InChI is InChI=1S/C19H25N5O3S/c1-27-16-5-4-6-17(15-16)28(25,26)24-13-11-22(12-14-24)18-7-8-20-19(21-18)23-9-2-3-10-23/h4-8,15H,2-3,9-14H2,1H3. The highest BCUT2D eigenvalue weighted by atomic mass is 32.2. The summed E-state index contributed by atoms with van der Waals surface area (Å²) >= 11 is 0. The second-order valence-corrected chi connectivity index (χ2v) is 8.92. The molecule has 3 heterocycles. The summed E-state index contributed by atoms with van der Waals surface area (Å²) in [6.45, 7) is 4.02. The van der Waals surface area contributed by atoms with Gasteiger partial charge in [-0.25, -0.2) is 13.4 Å². The van der Waals surface area contributed by atoms with Gasteiger partial charge in [0, 0.05) is 51.5 Å². The van der Waals surface area contributed by atoms with Gasteiger partial charge in [0.2, 0.25) is 16.0 Å². The summed E-state index contributed by atoms with van der Waals surface area (Å²) in [7, 11) is -2.01. The van der Waals surface area contributed by atoms with Gasteiger partial charge < -0.3 is 14.5 Å². The van der Waals surface area contributed by atoms with E-state index in [4.69, 9.17) is 9.72 Å². The van der Waals surface area contributed by atoms with Crippen molar-refractivity contribution in [2.75, 3.05) is 56.2 Å². The number of anilines is 2. The molecule has 28 heavy (non-hydrogen) atoms. The highest BCUT2D eigenvalue weighted by Crippen LogP contribution is 2.24. The van der Waals surface area contributed by atoms with Crippen molar-refractivity contribution in [2.24, 2.45) is 0 Å². The smallest absolute Gasteiger partial charge is 0.243 e. The molecule has 4 rings (SSSR count). The molecule has 2 fully saturated rings. The SMILES string of the molecule is COc1cccc(S(=O)(=O)N2CCN(c3ccnc(N4CCCC4)n3)CC2)c1. The van der Waals surface area contributed by atoms with Crippen molar-refractivity contribution in [3.63, 3.8) is 0 Å². The average molecular weight is 404 g/mol. The van der Waals surface area contributed by atoms with E-state index in [1.165, 1.54) is 24.3 Å². The van der Waals surface area contributed by atoms with Crippen LogP contribution in [-0.4, -0.2) is 69.1 Å². The molecular weight excluding hydrogens is 378 g/mol. The van der Waals surface area contributed by atoms with Crippen LogP contribution in [0.4, 0.5) is 11.8 Å². The Labute approximate surface area is 165 Å². The second-order valence-electron chi connectivity index (χ2n) is 6.98. The van der Waals surface area contributed by atoms with Gasteiger partial charge >= 0.3 is 0 Å². The van der Waals surface area contributed by atoms with Crippen molar-refractivity contribution in [3.05, 3.63) is 36.5 Å². The minimum Gasteiger partial charge on any atom is -0.497 e. The molecule has 0 unspecified atom stereocenters. The van der Waals surface area contributed by atoms with Crippen molar-refractivity contribution in [1.29, 1.82) is 0 Å². The zero-order valence-corrected chi connectivity index (χ0v) is 16.8. The monoisotopic (exact) mass is 403 g/mol. The van der Waals surface area contributed by atoms with Gasteiger partial charge in [0.25, 0.3) is 0 Å². The zero-order chi connectivity index (χ0) is 19.6. The molecule has 0 amide bonds. The van der Waals surface area contributed by atoms with Gasteiger partial charge in [-0.3, -0.25) is 0 Å². The number of hydrogen-bond acceptors (Lipinski definition) is 7. The lowest BCUT2D eigenvalue weighted by molar-refractivity contribution is 0.382. The van der Waals surface area contributed by atoms with Gasteiger partial charge in [-0.15, -0.1) is 0 Å². The molecule has 2 aliphatic heterocycles. The molecule has 0 radical (unpaired) electrons. The third-order valence-corrected chi connectivity index (χ3v) is 7.15. The van der Waals surface area contributed by atoms with Crippen LogP contribution in [0.3, 0.4) is 0 Å². The van der Waals surface area contributed by atoms with E-state index >= 15 is 0 Å². The number of nitrogens with zero attached hydrogens (tertiary/aromatic N) is 5. The van der Waals surface area contributed by atoms with Gasteiger partial charge in [0.1, 0.15) is 11.6 Å². The first-order chi connectivity index (χ1) is 13.6. The van der Waals surface area contributed by atoms with Crippen molar-refractivity contribution in [1.82, 2.24) is 14.3 Å². The molecule has 150 valence electrons. The fraction of sp³-hybridized carbons (Fsp3) is 0.474. The third-order valence-electron chi connectivity index (χ3n) is 5.26. The molecule has 8 nitrogen and oxygen atoms in total. The summed E-state index contributed by atoms with van der Waals surface area (Å²) in [5.74, 6) is 2.16. The van der Waals surface area contributed by atoms with Crippen LogP contribution in [-0.2, 0) is 10.0 Å². The average Bonchev–Trinajstić information content (AvgIpc) is 3.29. The normalized spacial score (nSPS) is 18.5. The summed E-state index contributed by atoms with van der Waals surface area (Å²) < 4.78 is 32.6. The Morgan fingerprint density at radius 1 is 0.964 bits per heavy atom. The van der Waals surface area contributed by atoms with Crippen molar-refractivity contribution >= 4 is 21.8 Å². The molecular formula is C19H25N5O3S. The number of sulfonamides is 1. The highest BCUT2D eigenvalue weighted by Gasteiger charge is 2.29. The van der Waals surface area contributed by atoms with Crippen LogP contribution in [0.15, 0.2) is 41.4 Å². The number of benzene rings is 1. The predicted octanol–water partition coefficient (Wildman–Crippen LogP) is 1.60. The van der Waals surface area contributed by atoms with Gasteiger partial charge in [-0.2, -0.15) is 9.29 Å². The van der Waals surface area contributed by atoms with Gasteiger partial charge in [0.05, 0.1) is 12.0 Å². The Balaban J connectivity index is 1.45. The predicted molar refractivity (Wildman–Crippen MR) is 107 cm³/mol. The van der Waals surface area contributed by atoms with Crippen molar-refractivity contribution < 1.29 is 13.2 Å². The lowest BCUT2D eigenvalue weighted by Crippen LogP contribution is -2.49. The van der Waals surface area contributed by atoms with E-state index in [2.05, 4.69) is 14.8 Å². The Hall–Kier alpha value is -2.39. The van der Waals surface area contributed by atoms with E-state index in [-0.39, 0.29) is 4.90 Å². The lowest BCUT2D eigenvalue weighted by Gasteiger charge is -2.34. The molecule has 0 N–H and O–H groups in total. The molecule has 9 heteroatoms. The summed E-state index contributed by atoms with van der Waals surface area (Å²) in [5, 5.41) is 0. The molecule has 0 saturated carbocycles. The van der Waals surface area contributed by atoms with Crippen LogP contribution in [0, 0.1) is 0 Å². The maximum absolute atomic E-state index is 12.9. The summed E-state index contributed by atoms with van der Waals surface area (Å²) in [5.41, 5.74) is 0. The number of ether oxygens (including phenoxy) is 1. The molecule has 2 aliphatic rings. The van der Waals surface area contributed by atoms with Crippen molar-refractivity contribution in [2.45, 2.75) is 17.7 Å². The number of rotatable bonds is 5. The van der Waals surface area contributed by atoms with Crippen LogP contribution in [0.25, 0.3) is 0 Å². The van der Waals surface area contributed by atoms with Gasteiger partial charge in [0.15, 0.2) is 0 Å². The van der Waals surface area contributed by atoms with E-state index in [9.17, 15) is 8.42 Å². The topological polar surface area (TPSA) is 78.9 Å². The van der Waals surface area contributed by atoms with Gasteiger partial charge in [-0.1, -0.05) is 6.07 Å². The quantitative estimate of drug-likeness (QED) is 0.750. The summed E-state index contributed by atoms with van der Waals surface area (Å²) in [6.07, 6.45) is 4.14. The van der Waals surface area contributed by atoms with Gasteiger partial charge in [-0.05, 0) is 31.0 Å². The highest BCUT2D eigenvalue weighted by molar-refractivity contribution is 7.89. The van der Waals surface area contributed by atoms with Crippen LogP contribution in [0.5, 0.6) is 5.75 Å². The summed E-state index contributed by atoms with van der Waals surface area (Å²) in [6, 6.07) is 8.50. The Morgan fingerprint density at radius 2 is 1.71 bits per heavy atom. The fourth-order valence-electron chi connectivity index (χ4n) is 3.65. The number of aromatic nitrogens is 2. The molecule has 0 spiro atoms. The number of hydrogen-bond donors (Lipinski definition) is 0. The maximum Gasteiger partial charge on any atom is 0.243 e. The minimum atomic E-state index is -3.54. The Bertz CT molecular complexity index is 923. The fourth-order valence-corrected chi connectivity index (χ4v) is 5.11. The first-order valence-electron chi connectivity index (χ1n) is 9.55. The largest absolute Gasteiger partial charge is 0.497 e. The molecule has 1 aromatic carbocycles. The molecule has 2 saturated heterocycles. The number of piperazine rings is 1. The van der Waals surface area contributed by atoms with E-state index in [1.807, 2.05) is 6.07 Å². The third kappa shape index (κ3) is 3.77. The van der Waals surface area contributed by atoms with E-state index < -0.39 is 10.0 Å². The Kier molecular flexibility index (Phi) is 5.36. The molecule has 0 aliphatic carbocycles. The first-order valence-corrected chi connectivity index (χ1v) is 11.0. The zero-order valence-electron chi connectivity index (χ0n) is 16.0. The van der Waals surface area contributed by atoms with Crippen LogP contribution < -0.4 is 14.5 Å². The van der Waals surface area contributed by atoms with Crippen LogP contribution in [0.2, 0.25) is 0 Å². The van der Waals surface area contributed by atoms with E-state index in [1.54, 1.807) is 30.5 Å². The maximum atomic E-state index is 12.9. The van der Waals surface area contributed by atoms with Crippen molar-refractivity contribution in [3.8, 4) is 5.75 Å². The van der Waals surface area contributed by atoms with E-state index in [0.717, 1.165) is 24.9 Å².